The maximum absolute atomic E-state index is 13.9. The molecule has 0 spiro atoms. The van der Waals surface area contributed by atoms with Crippen LogP contribution in [0.4, 0.5) is 0 Å². The number of aromatic nitrogens is 2. The smallest absolute Gasteiger partial charge is 0.263 e. The molecular formula is C26H24Cl2N2O2S2. The Balaban J connectivity index is 1.59. The number of nitrogens with zero attached hydrogens (tertiary/aromatic N) is 2. The molecule has 3 heterocycles. The van der Waals surface area contributed by atoms with Gasteiger partial charge in [-0.1, -0.05) is 78.3 Å². The third kappa shape index (κ3) is 4.67. The van der Waals surface area contributed by atoms with Crippen LogP contribution in [0, 0.1) is 0 Å². The molecule has 1 aliphatic rings. The minimum atomic E-state index is -0.251. The normalized spacial score (nSPS) is 17.8. The van der Waals surface area contributed by atoms with Crippen molar-refractivity contribution in [3.8, 4) is 0 Å². The van der Waals surface area contributed by atoms with Gasteiger partial charge in [0, 0.05) is 17.1 Å². The second kappa shape index (κ2) is 9.67. The number of halogens is 2. The average molecular weight is 532 g/mol. The highest BCUT2D eigenvalue weighted by atomic mass is 35.5. The molecular weight excluding hydrogens is 507 g/mol. The van der Waals surface area contributed by atoms with E-state index in [9.17, 15) is 4.79 Å². The van der Waals surface area contributed by atoms with Crippen LogP contribution in [0.5, 0.6) is 0 Å². The van der Waals surface area contributed by atoms with Gasteiger partial charge in [-0.15, -0.1) is 11.3 Å². The fraction of sp³-hybridized carbons (Fsp3) is 0.308. The van der Waals surface area contributed by atoms with Gasteiger partial charge in [-0.3, -0.25) is 9.36 Å². The van der Waals surface area contributed by atoms with Crippen molar-refractivity contribution in [3.63, 3.8) is 0 Å². The van der Waals surface area contributed by atoms with Gasteiger partial charge in [-0.25, -0.2) is 4.98 Å². The molecule has 4 aromatic rings. The number of thiophene rings is 1. The van der Waals surface area contributed by atoms with Crippen molar-refractivity contribution in [2.45, 2.75) is 56.4 Å². The predicted molar refractivity (Wildman–Crippen MR) is 143 cm³/mol. The Morgan fingerprint density at radius 1 is 1.15 bits per heavy atom. The molecule has 8 heteroatoms. The Morgan fingerprint density at radius 3 is 2.68 bits per heavy atom. The topological polar surface area (TPSA) is 44.1 Å². The minimum Gasteiger partial charge on any atom is -0.369 e. The van der Waals surface area contributed by atoms with Crippen LogP contribution in [0.1, 0.15) is 41.8 Å². The van der Waals surface area contributed by atoms with E-state index in [1.54, 1.807) is 17.4 Å². The van der Waals surface area contributed by atoms with Crippen LogP contribution in [-0.2, 0) is 30.1 Å². The number of fused-ring (bicyclic) bond motifs is 3. The quantitative estimate of drug-likeness (QED) is 0.193. The molecule has 2 aromatic carbocycles. The number of benzene rings is 2. The van der Waals surface area contributed by atoms with Gasteiger partial charge in [0.15, 0.2) is 5.16 Å². The second-order valence-electron chi connectivity index (χ2n) is 8.76. The largest absolute Gasteiger partial charge is 0.369 e. The summed E-state index contributed by atoms with van der Waals surface area (Å²) in [5.41, 5.74) is 2.96. The third-order valence-electron chi connectivity index (χ3n) is 6.35. The molecule has 1 aliphatic heterocycles. The molecule has 0 saturated heterocycles. The molecule has 34 heavy (non-hydrogen) atoms. The lowest BCUT2D eigenvalue weighted by atomic mass is 9.90. The molecule has 0 N–H and O–H groups in total. The number of hydrogen-bond donors (Lipinski definition) is 0. The lowest BCUT2D eigenvalue weighted by Gasteiger charge is -2.32. The van der Waals surface area contributed by atoms with Gasteiger partial charge in [0.1, 0.15) is 4.83 Å². The lowest BCUT2D eigenvalue weighted by Crippen LogP contribution is -2.34. The maximum Gasteiger partial charge on any atom is 0.263 e. The van der Waals surface area contributed by atoms with Crippen LogP contribution >= 0.6 is 46.3 Å². The molecule has 0 radical (unpaired) electrons. The number of thioether (sulfide) groups is 1. The second-order valence-corrected chi connectivity index (χ2v) is 11.6. The molecule has 0 amide bonds. The average Bonchev–Trinajstić information content (AvgIpc) is 3.20. The van der Waals surface area contributed by atoms with Crippen molar-refractivity contribution >= 4 is 56.5 Å². The number of hydrogen-bond acceptors (Lipinski definition) is 5. The fourth-order valence-electron chi connectivity index (χ4n) is 4.15. The molecule has 0 unspecified atom stereocenters. The van der Waals surface area contributed by atoms with Gasteiger partial charge in [-0.2, -0.15) is 0 Å². The molecule has 5 rings (SSSR count). The summed E-state index contributed by atoms with van der Waals surface area (Å²) in [6.07, 6.45) is 1.63. The first-order chi connectivity index (χ1) is 16.4. The van der Waals surface area contributed by atoms with Crippen molar-refractivity contribution in [2.75, 3.05) is 0 Å². The van der Waals surface area contributed by atoms with Crippen LogP contribution in [0.2, 0.25) is 10.0 Å². The van der Waals surface area contributed by atoms with E-state index >= 15 is 0 Å². The zero-order valence-electron chi connectivity index (χ0n) is 18.9. The fourth-order valence-corrected chi connectivity index (χ4v) is 6.56. The van der Waals surface area contributed by atoms with Gasteiger partial charge < -0.3 is 4.74 Å². The summed E-state index contributed by atoms with van der Waals surface area (Å²) in [5.74, 6) is 0.631. The van der Waals surface area contributed by atoms with Gasteiger partial charge in [-0.05, 0) is 42.2 Å². The Labute approximate surface area is 216 Å². The summed E-state index contributed by atoms with van der Waals surface area (Å²) in [6.45, 7) is 5.25. The van der Waals surface area contributed by atoms with Gasteiger partial charge >= 0.3 is 0 Å². The first-order valence-electron chi connectivity index (χ1n) is 11.2. The van der Waals surface area contributed by atoms with Gasteiger partial charge in [0.25, 0.3) is 5.56 Å². The van der Waals surface area contributed by atoms with E-state index in [1.807, 2.05) is 47.0 Å². The minimum absolute atomic E-state index is 0.0170. The molecule has 0 saturated carbocycles. The third-order valence-corrected chi connectivity index (χ3v) is 9.23. The summed E-state index contributed by atoms with van der Waals surface area (Å²) >= 11 is 15.4. The highest BCUT2D eigenvalue weighted by Crippen LogP contribution is 2.39. The van der Waals surface area contributed by atoms with Crippen LogP contribution in [0.3, 0.4) is 0 Å². The summed E-state index contributed by atoms with van der Waals surface area (Å²) in [7, 11) is 0. The predicted octanol–water partition coefficient (Wildman–Crippen LogP) is 7.35. The molecule has 0 fully saturated rings. The van der Waals surface area contributed by atoms with Crippen LogP contribution in [0.15, 0.2) is 58.5 Å². The molecule has 0 aliphatic carbocycles. The van der Waals surface area contributed by atoms with E-state index in [0.717, 1.165) is 44.6 Å². The van der Waals surface area contributed by atoms with Crippen LogP contribution < -0.4 is 5.56 Å². The Morgan fingerprint density at radius 2 is 1.94 bits per heavy atom. The number of rotatable bonds is 6. The standard InChI is InChI=1S/C26H24Cl2N2O2S2/c1-3-26(2)12-18-21(14-32-26)34-23-22(18)24(31)30(13-16-7-5-4-6-8-16)25(29-23)33-15-17-9-10-19(27)20(28)11-17/h4-11H,3,12-15H2,1-2H3/t26-/m0/s1. The lowest BCUT2D eigenvalue weighted by molar-refractivity contribution is -0.0543. The van der Waals surface area contributed by atoms with E-state index in [2.05, 4.69) is 13.8 Å². The van der Waals surface area contributed by atoms with E-state index < -0.39 is 0 Å². The van der Waals surface area contributed by atoms with E-state index in [-0.39, 0.29) is 11.2 Å². The molecule has 2 aromatic heterocycles. The van der Waals surface area contributed by atoms with E-state index in [1.165, 1.54) is 11.8 Å². The molecule has 1 atom stereocenters. The zero-order valence-corrected chi connectivity index (χ0v) is 22.1. The van der Waals surface area contributed by atoms with Crippen molar-refractivity contribution in [2.24, 2.45) is 0 Å². The highest BCUT2D eigenvalue weighted by Gasteiger charge is 2.33. The summed E-state index contributed by atoms with van der Waals surface area (Å²) in [6, 6.07) is 15.6. The first kappa shape index (κ1) is 23.9. The molecule has 176 valence electrons. The molecule has 0 bridgehead atoms. The Bertz CT molecular complexity index is 1420. The monoisotopic (exact) mass is 530 g/mol. The highest BCUT2D eigenvalue weighted by molar-refractivity contribution is 7.98. The summed E-state index contributed by atoms with van der Waals surface area (Å²) in [5, 5.41) is 2.50. The summed E-state index contributed by atoms with van der Waals surface area (Å²) < 4.78 is 7.95. The van der Waals surface area contributed by atoms with Gasteiger partial charge in [0.05, 0.1) is 34.2 Å². The van der Waals surface area contributed by atoms with Gasteiger partial charge in [0.2, 0.25) is 0 Å². The van der Waals surface area contributed by atoms with E-state index in [4.69, 9.17) is 32.9 Å². The zero-order chi connectivity index (χ0) is 23.9. The SMILES string of the molecule is CC[C@@]1(C)Cc2c(sc3nc(SCc4ccc(Cl)c(Cl)c4)n(Cc4ccccc4)c(=O)c23)CO1. The van der Waals surface area contributed by atoms with Crippen molar-refractivity contribution in [3.05, 3.63) is 90.5 Å². The van der Waals surface area contributed by atoms with E-state index in [0.29, 0.717) is 34.1 Å². The van der Waals surface area contributed by atoms with Crippen molar-refractivity contribution < 1.29 is 4.74 Å². The number of ether oxygens (including phenoxy) is 1. The maximum atomic E-state index is 13.9. The Kier molecular flexibility index (Phi) is 6.79. The van der Waals surface area contributed by atoms with Crippen molar-refractivity contribution in [1.29, 1.82) is 0 Å². The molecule has 4 nitrogen and oxygen atoms in total. The van der Waals surface area contributed by atoms with Crippen LogP contribution in [-0.4, -0.2) is 15.2 Å². The van der Waals surface area contributed by atoms with Crippen molar-refractivity contribution in [1.82, 2.24) is 9.55 Å². The van der Waals surface area contributed by atoms with Crippen LogP contribution in [0.25, 0.3) is 10.2 Å². The summed E-state index contributed by atoms with van der Waals surface area (Å²) in [4.78, 5) is 20.8. The first-order valence-corrected chi connectivity index (χ1v) is 13.7. The Hall–Kier alpha value is -1.83.